The predicted octanol–water partition coefficient (Wildman–Crippen LogP) is 1.16. The second-order valence-electron chi connectivity index (χ2n) is 4.44. The Morgan fingerprint density at radius 3 is 3.06 bits per heavy atom. The molecule has 0 radical (unpaired) electrons. The van der Waals surface area contributed by atoms with Crippen molar-refractivity contribution in [1.82, 2.24) is 9.97 Å². The molecule has 0 spiro atoms. The number of aromatic carboxylic acids is 1. The molecule has 1 aromatic heterocycles. The van der Waals surface area contributed by atoms with Crippen LogP contribution in [-0.4, -0.2) is 39.8 Å². The molecule has 2 rings (SSSR count). The van der Waals surface area contributed by atoms with E-state index in [0.717, 1.165) is 19.4 Å². The summed E-state index contributed by atoms with van der Waals surface area (Å²) in [5.74, 6) is -0.607. The Labute approximate surface area is 99.0 Å². The van der Waals surface area contributed by atoms with Crippen LogP contribution in [0.25, 0.3) is 0 Å². The molecule has 1 saturated heterocycles. The van der Waals surface area contributed by atoms with Crippen LogP contribution in [0.15, 0.2) is 12.4 Å². The van der Waals surface area contributed by atoms with Crippen LogP contribution in [0.5, 0.6) is 0 Å². The Balaban J connectivity index is 2.12. The minimum atomic E-state index is -1.08. The van der Waals surface area contributed by atoms with Crippen LogP contribution in [0.3, 0.4) is 0 Å². The lowest BCUT2D eigenvalue weighted by atomic mass is 9.95. The van der Waals surface area contributed by atoms with Gasteiger partial charge in [-0.3, -0.25) is 4.98 Å². The average Bonchev–Trinajstić information content (AvgIpc) is 2.29. The molecule has 2 heterocycles. The first-order valence-electron chi connectivity index (χ1n) is 5.50. The van der Waals surface area contributed by atoms with Crippen molar-refractivity contribution in [3.8, 4) is 0 Å². The Morgan fingerprint density at radius 1 is 1.59 bits per heavy atom. The minimum absolute atomic E-state index is 0.0599. The van der Waals surface area contributed by atoms with E-state index in [4.69, 9.17) is 9.84 Å². The van der Waals surface area contributed by atoms with Crippen molar-refractivity contribution < 1.29 is 14.6 Å². The van der Waals surface area contributed by atoms with Crippen LogP contribution >= 0.6 is 0 Å². The highest BCUT2D eigenvalue weighted by Gasteiger charge is 2.27. The van der Waals surface area contributed by atoms with Crippen molar-refractivity contribution in [2.45, 2.75) is 25.3 Å². The summed E-state index contributed by atoms with van der Waals surface area (Å²) in [5, 5.41) is 12.0. The van der Waals surface area contributed by atoms with Crippen LogP contribution in [0.4, 0.5) is 5.82 Å². The molecule has 1 fully saturated rings. The molecule has 1 aliphatic heterocycles. The molecule has 0 saturated carbocycles. The van der Waals surface area contributed by atoms with Gasteiger partial charge in [0, 0.05) is 6.61 Å². The van der Waals surface area contributed by atoms with Gasteiger partial charge in [0.1, 0.15) is 5.82 Å². The highest BCUT2D eigenvalue weighted by Crippen LogP contribution is 2.22. The van der Waals surface area contributed by atoms with Crippen molar-refractivity contribution in [3.05, 3.63) is 18.1 Å². The molecular weight excluding hydrogens is 222 g/mol. The lowest BCUT2D eigenvalue weighted by Crippen LogP contribution is -2.43. The van der Waals surface area contributed by atoms with Crippen molar-refractivity contribution in [3.63, 3.8) is 0 Å². The van der Waals surface area contributed by atoms with Crippen LogP contribution in [0.2, 0.25) is 0 Å². The largest absolute Gasteiger partial charge is 0.476 e. The number of carbonyl (C=O) groups is 1. The van der Waals surface area contributed by atoms with Gasteiger partial charge in [0.15, 0.2) is 5.69 Å². The SMILES string of the molecule is CC1(Nc2cncc(C(=O)O)n2)CCCOC1. The number of hydrogen-bond donors (Lipinski definition) is 2. The average molecular weight is 237 g/mol. The van der Waals surface area contributed by atoms with E-state index in [1.165, 1.54) is 12.4 Å². The molecule has 17 heavy (non-hydrogen) atoms. The summed E-state index contributed by atoms with van der Waals surface area (Å²) < 4.78 is 5.41. The summed E-state index contributed by atoms with van der Waals surface area (Å²) in [6, 6.07) is 0. The first kappa shape index (κ1) is 11.8. The summed E-state index contributed by atoms with van der Waals surface area (Å²) in [5.41, 5.74) is -0.264. The summed E-state index contributed by atoms with van der Waals surface area (Å²) in [6.45, 7) is 3.39. The van der Waals surface area contributed by atoms with Gasteiger partial charge in [0.2, 0.25) is 0 Å². The smallest absolute Gasteiger partial charge is 0.356 e. The van der Waals surface area contributed by atoms with E-state index in [1.807, 2.05) is 6.92 Å². The third kappa shape index (κ3) is 2.91. The topological polar surface area (TPSA) is 84.3 Å². The lowest BCUT2D eigenvalue weighted by Gasteiger charge is -2.34. The maximum atomic E-state index is 10.8. The second kappa shape index (κ2) is 4.67. The normalized spacial score (nSPS) is 24.3. The molecule has 0 aliphatic carbocycles. The summed E-state index contributed by atoms with van der Waals surface area (Å²) in [4.78, 5) is 18.6. The van der Waals surface area contributed by atoms with Crippen LogP contribution in [0, 0.1) is 0 Å². The highest BCUT2D eigenvalue weighted by molar-refractivity contribution is 5.85. The van der Waals surface area contributed by atoms with Gasteiger partial charge in [-0.15, -0.1) is 0 Å². The van der Waals surface area contributed by atoms with E-state index in [-0.39, 0.29) is 11.2 Å². The van der Waals surface area contributed by atoms with E-state index >= 15 is 0 Å². The molecule has 6 heteroatoms. The fraction of sp³-hybridized carbons (Fsp3) is 0.545. The lowest BCUT2D eigenvalue weighted by molar-refractivity contribution is 0.0538. The van der Waals surface area contributed by atoms with Gasteiger partial charge in [0.25, 0.3) is 0 Å². The molecule has 6 nitrogen and oxygen atoms in total. The third-order valence-corrected chi connectivity index (χ3v) is 2.72. The quantitative estimate of drug-likeness (QED) is 0.820. The molecule has 0 aromatic carbocycles. The van der Waals surface area contributed by atoms with Crippen molar-refractivity contribution in [1.29, 1.82) is 0 Å². The van der Waals surface area contributed by atoms with Crippen molar-refractivity contribution in [2.75, 3.05) is 18.5 Å². The molecule has 2 N–H and O–H groups in total. The number of rotatable bonds is 3. The Kier molecular flexibility index (Phi) is 3.23. The standard InChI is InChI=1S/C11H15N3O3/c1-11(3-2-4-17-7-11)14-9-6-12-5-8(13-9)10(15)16/h5-6H,2-4,7H2,1H3,(H,13,14)(H,15,16). The van der Waals surface area contributed by atoms with Gasteiger partial charge in [-0.2, -0.15) is 0 Å². The van der Waals surface area contributed by atoms with E-state index in [0.29, 0.717) is 12.4 Å². The summed E-state index contributed by atoms with van der Waals surface area (Å²) in [7, 11) is 0. The van der Waals surface area contributed by atoms with Crippen LogP contribution in [-0.2, 0) is 4.74 Å². The second-order valence-corrected chi connectivity index (χ2v) is 4.44. The Bertz CT molecular complexity index is 416. The fourth-order valence-corrected chi connectivity index (χ4v) is 1.87. The van der Waals surface area contributed by atoms with Gasteiger partial charge in [-0.1, -0.05) is 0 Å². The molecular formula is C11H15N3O3. The maximum Gasteiger partial charge on any atom is 0.356 e. The zero-order valence-electron chi connectivity index (χ0n) is 9.64. The first-order chi connectivity index (χ1) is 8.09. The monoisotopic (exact) mass is 237 g/mol. The minimum Gasteiger partial charge on any atom is -0.476 e. The number of hydrogen-bond acceptors (Lipinski definition) is 5. The molecule has 1 unspecified atom stereocenters. The Hall–Kier alpha value is -1.69. The highest BCUT2D eigenvalue weighted by atomic mass is 16.5. The summed E-state index contributed by atoms with van der Waals surface area (Å²) in [6.07, 6.45) is 4.70. The van der Waals surface area contributed by atoms with E-state index in [1.54, 1.807) is 0 Å². The molecule has 1 atom stereocenters. The molecule has 92 valence electrons. The van der Waals surface area contributed by atoms with Gasteiger partial charge in [0.05, 0.1) is 24.5 Å². The molecule has 1 aliphatic rings. The fourth-order valence-electron chi connectivity index (χ4n) is 1.87. The number of anilines is 1. The number of carboxylic acid groups (broad SMARTS) is 1. The number of ether oxygens (including phenoxy) is 1. The van der Waals surface area contributed by atoms with Crippen molar-refractivity contribution in [2.24, 2.45) is 0 Å². The molecule has 0 amide bonds. The van der Waals surface area contributed by atoms with Crippen LogP contribution in [0.1, 0.15) is 30.3 Å². The number of nitrogens with one attached hydrogen (secondary N) is 1. The predicted molar refractivity (Wildman–Crippen MR) is 61.1 cm³/mol. The van der Waals surface area contributed by atoms with E-state index < -0.39 is 5.97 Å². The maximum absolute atomic E-state index is 10.8. The number of carboxylic acids is 1. The third-order valence-electron chi connectivity index (χ3n) is 2.72. The molecule has 0 bridgehead atoms. The van der Waals surface area contributed by atoms with Gasteiger partial charge in [-0.25, -0.2) is 9.78 Å². The van der Waals surface area contributed by atoms with Crippen molar-refractivity contribution >= 4 is 11.8 Å². The van der Waals surface area contributed by atoms with E-state index in [2.05, 4.69) is 15.3 Å². The van der Waals surface area contributed by atoms with E-state index in [9.17, 15) is 4.79 Å². The number of aromatic nitrogens is 2. The van der Waals surface area contributed by atoms with Crippen LogP contribution < -0.4 is 5.32 Å². The van der Waals surface area contributed by atoms with Gasteiger partial charge in [-0.05, 0) is 19.8 Å². The zero-order valence-corrected chi connectivity index (χ0v) is 9.64. The summed E-state index contributed by atoms with van der Waals surface area (Å²) >= 11 is 0. The number of nitrogens with zero attached hydrogens (tertiary/aromatic N) is 2. The first-order valence-corrected chi connectivity index (χ1v) is 5.50. The molecule has 1 aromatic rings. The zero-order chi connectivity index (χ0) is 12.3. The van der Waals surface area contributed by atoms with Gasteiger partial charge < -0.3 is 15.2 Å². The Morgan fingerprint density at radius 2 is 2.41 bits per heavy atom. The van der Waals surface area contributed by atoms with Gasteiger partial charge >= 0.3 is 5.97 Å².